The molecule has 0 saturated carbocycles. The van der Waals surface area contributed by atoms with Crippen molar-refractivity contribution in [3.8, 4) is 0 Å². The fraction of sp³-hybridized carbons (Fsp3) is 0.600. The summed E-state index contributed by atoms with van der Waals surface area (Å²) in [6.07, 6.45) is 1.67. The second-order valence-corrected chi connectivity index (χ2v) is 4.93. The minimum atomic E-state index is 0.0131. The second-order valence-electron chi connectivity index (χ2n) is 3.78. The summed E-state index contributed by atoms with van der Waals surface area (Å²) in [4.78, 5) is 14.3. The predicted octanol–water partition coefficient (Wildman–Crippen LogP) is 0.650. The van der Waals surface area contributed by atoms with Gasteiger partial charge in [-0.3, -0.25) is 14.4 Å². The Morgan fingerprint density at radius 3 is 3.00 bits per heavy atom. The van der Waals surface area contributed by atoms with Gasteiger partial charge in [0.2, 0.25) is 0 Å². The normalized spacial score (nSPS) is 22.9. The molecule has 82 valence electrons. The molecule has 0 bridgehead atoms. The average molecular weight is 225 g/mol. The highest BCUT2D eigenvalue weighted by Crippen LogP contribution is 2.18. The number of aryl methyl sites for hydroxylation is 1. The summed E-state index contributed by atoms with van der Waals surface area (Å²) in [5.74, 6) is 2.19. The van der Waals surface area contributed by atoms with Crippen LogP contribution in [-0.2, 0) is 7.05 Å². The molecular formula is C10H15N3OS. The number of likely N-dealkylation sites (N-methyl/N-ethyl adjacent to an activating group) is 1. The van der Waals surface area contributed by atoms with Gasteiger partial charge in [0.05, 0.1) is 6.04 Å². The quantitative estimate of drug-likeness (QED) is 0.693. The molecule has 0 aliphatic carbocycles. The van der Waals surface area contributed by atoms with Crippen LogP contribution in [0.15, 0.2) is 12.3 Å². The number of Topliss-reactive ketones (excluding diaryl/α,β-unsaturated/α-hetero) is 1. The molecule has 0 spiro atoms. The highest BCUT2D eigenvalue weighted by atomic mass is 32.2. The van der Waals surface area contributed by atoms with Crippen molar-refractivity contribution in [3.05, 3.63) is 18.0 Å². The Bertz CT molecular complexity index is 363. The Hall–Kier alpha value is -0.810. The standard InChI is InChI=1S/C10H15N3OS/c1-12-5-6-15-7-9(12)10(14)8-3-4-11-13(8)2/h3-4,9H,5-7H2,1-2H3. The number of ketones is 1. The molecule has 15 heavy (non-hydrogen) atoms. The van der Waals surface area contributed by atoms with Gasteiger partial charge in [0.1, 0.15) is 5.69 Å². The van der Waals surface area contributed by atoms with E-state index in [9.17, 15) is 4.79 Å². The molecule has 1 atom stereocenters. The Balaban J connectivity index is 2.17. The van der Waals surface area contributed by atoms with Gasteiger partial charge in [-0.15, -0.1) is 0 Å². The first-order chi connectivity index (χ1) is 7.20. The number of nitrogens with zero attached hydrogens (tertiary/aromatic N) is 3. The summed E-state index contributed by atoms with van der Waals surface area (Å²) in [6.45, 7) is 0.985. The van der Waals surface area contributed by atoms with Crippen LogP contribution >= 0.6 is 11.8 Å². The van der Waals surface area contributed by atoms with Crippen LogP contribution in [0.3, 0.4) is 0 Å². The summed E-state index contributed by atoms with van der Waals surface area (Å²) < 4.78 is 1.65. The van der Waals surface area contributed by atoms with E-state index in [0.717, 1.165) is 18.1 Å². The van der Waals surface area contributed by atoms with Gasteiger partial charge in [-0.2, -0.15) is 16.9 Å². The smallest absolute Gasteiger partial charge is 0.198 e. The molecule has 2 rings (SSSR count). The van der Waals surface area contributed by atoms with Crippen LogP contribution in [-0.4, -0.2) is 51.6 Å². The Labute approximate surface area is 93.6 Å². The van der Waals surface area contributed by atoms with Crippen molar-refractivity contribution in [2.45, 2.75) is 6.04 Å². The number of aromatic nitrogens is 2. The zero-order chi connectivity index (χ0) is 10.8. The van der Waals surface area contributed by atoms with E-state index in [0.29, 0.717) is 5.69 Å². The summed E-state index contributed by atoms with van der Waals surface area (Å²) in [6, 6.07) is 1.80. The predicted molar refractivity (Wildman–Crippen MR) is 61.3 cm³/mol. The van der Waals surface area contributed by atoms with Gasteiger partial charge in [0, 0.05) is 31.3 Å². The fourth-order valence-electron chi connectivity index (χ4n) is 1.75. The monoisotopic (exact) mass is 225 g/mol. The van der Waals surface area contributed by atoms with Crippen LogP contribution in [0.5, 0.6) is 0 Å². The Morgan fingerprint density at radius 2 is 2.40 bits per heavy atom. The van der Waals surface area contributed by atoms with Crippen LogP contribution < -0.4 is 0 Å². The van der Waals surface area contributed by atoms with Crippen LogP contribution in [0.4, 0.5) is 0 Å². The zero-order valence-electron chi connectivity index (χ0n) is 9.01. The number of carbonyl (C=O) groups is 1. The molecule has 1 aromatic rings. The van der Waals surface area contributed by atoms with E-state index in [-0.39, 0.29) is 11.8 Å². The topological polar surface area (TPSA) is 38.1 Å². The van der Waals surface area contributed by atoms with Crippen molar-refractivity contribution in [2.24, 2.45) is 7.05 Å². The largest absolute Gasteiger partial charge is 0.295 e. The third-order valence-corrected chi connectivity index (χ3v) is 3.79. The molecule has 1 saturated heterocycles. The van der Waals surface area contributed by atoms with Gasteiger partial charge in [0.25, 0.3) is 0 Å². The molecule has 1 aliphatic heterocycles. The maximum atomic E-state index is 12.2. The number of hydrogen-bond donors (Lipinski definition) is 0. The lowest BCUT2D eigenvalue weighted by Gasteiger charge is -2.30. The lowest BCUT2D eigenvalue weighted by atomic mass is 10.1. The molecule has 0 amide bonds. The van der Waals surface area contributed by atoms with Crippen molar-refractivity contribution >= 4 is 17.5 Å². The maximum absolute atomic E-state index is 12.2. The third kappa shape index (κ3) is 2.08. The van der Waals surface area contributed by atoms with Gasteiger partial charge < -0.3 is 0 Å². The molecule has 1 aromatic heterocycles. The highest BCUT2D eigenvalue weighted by Gasteiger charge is 2.28. The molecule has 4 nitrogen and oxygen atoms in total. The van der Waals surface area contributed by atoms with Gasteiger partial charge in [-0.25, -0.2) is 0 Å². The molecule has 1 unspecified atom stereocenters. The minimum Gasteiger partial charge on any atom is -0.295 e. The SMILES string of the molecule is CN1CCSCC1C(=O)c1ccnn1C. The lowest BCUT2D eigenvalue weighted by Crippen LogP contribution is -2.45. The molecular weight excluding hydrogens is 210 g/mol. The molecule has 5 heteroatoms. The third-order valence-electron chi connectivity index (χ3n) is 2.77. The van der Waals surface area contributed by atoms with Crippen molar-refractivity contribution in [1.82, 2.24) is 14.7 Å². The number of hydrogen-bond acceptors (Lipinski definition) is 4. The molecule has 1 fully saturated rings. The maximum Gasteiger partial charge on any atom is 0.198 e. The molecule has 0 N–H and O–H groups in total. The molecule has 2 heterocycles. The van der Waals surface area contributed by atoms with Gasteiger partial charge in [-0.05, 0) is 13.1 Å². The first kappa shape index (κ1) is 10.7. The van der Waals surface area contributed by atoms with Crippen LogP contribution in [0.1, 0.15) is 10.5 Å². The van der Waals surface area contributed by atoms with Crippen molar-refractivity contribution in [1.29, 1.82) is 0 Å². The van der Waals surface area contributed by atoms with E-state index in [1.165, 1.54) is 0 Å². The van der Waals surface area contributed by atoms with E-state index in [1.54, 1.807) is 16.9 Å². The van der Waals surface area contributed by atoms with Crippen LogP contribution in [0.25, 0.3) is 0 Å². The fourth-order valence-corrected chi connectivity index (χ4v) is 2.96. The van der Waals surface area contributed by atoms with Crippen LogP contribution in [0, 0.1) is 0 Å². The summed E-state index contributed by atoms with van der Waals surface area (Å²) in [5.41, 5.74) is 0.703. The van der Waals surface area contributed by atoms with Crippen molar-refractivity contribution in [2.75, 3.05) is 25.1 Å². The number of carbonyl (C=O) groups excluding carboxylic acids is 1. The van der Waals surface area contributed by atoms with E-state index < -0.39 is 0 Å². The Morgan fingerprint density at radius 1 is 1.60 bits per heavy atom. The van der Waals surface area contributed by atoms with Gasteiger partial charge in [-0.1, -0.05) is 0 Å². The minimum absolute atomic E-state index is 0.0131. The summed E-state index contributed by atoms with van der Waals surface area (Å²) in [5, 5.41) is 4.03. The summed E-state index contributed by atoms with van der Waals surface area (Å²) in [7, 11) is 3.82. The first-order valence-corrected chi connectivity index (χ1v) is 6.16. The number of rotatable bonds is 2. The Kier molecular flexibility index (Phi) is 3.11. The number of thioether (sulfide) groups is 1. The average Bonchev–Trinajstić information content (AvgIpc) is 2.64. The van der Waals surface area contributed by atoms with Crippen LogP contribution in [0.2, 0.25) is 0 Å². The summed E-state index contributed by atoms with van der Waals surface area (Å²) >= 11 is 1.85. The molecule has 0 radical (unpaired) electrons. The molecule has 1 aliphatic rings. The van der Waals surface area contributed by atoms with E-state index in [2.05, 4.69) is 10.00 Å². The second kappa shape index (κ2) is 4.37. The van der Waals surface area contributed by atoms with Gasteiger partial charge in [0.15, 0.2) is 5.78 Å². The molecule has 0 aromatic carbocycles. The van der Waals surface area contributed by atoms with Gasteiger partial charge >= 0.3 is 0 Å². The van der Waals surface area contributed by atoms with E-state index in [4.69, 9.17) is 0 Å². The van der Waals surface area contributed by atoms with Crippen molar-refractivity contribution < 1.29 is 4.79 Å². The first-order valence-electron chi connectivity index (χ1n) is 5.00. The zero-order valence-corrected chi connectivity index (χ0v) is 9.83. The lowest BCUT2D eigenvalue weighted by molar-refractivity contribution is 0.0864. The van der Waals surface area contributed by atoms with E-state index in [1.807, 2.05) is 25.9 Å². The van der Waals surface area contributed by atoms with E-state index >= 15 is 0 Å². The highest BCUT2D eigenvalue weighted by molar-refractivity contribution is 7.99. The van der Waals surface area contributed by atoms with Crippen molar-refractivity contribution in [3.63, 3.8) is 0 Å².